The number of primary amides is 1. The molecule has 6 heteroatoms. The standard InChI is InChI=1S/C14H14N2O3S/c15-14(17)16(13-9-5-2-6-10-13)20(18,19)11-12-7-3-1-4-8-12/h1-10H,11H2,(H2,15,17). The molecule has 0 fully saturated rings. The largest absolute Gasteiger partial charge is 0.350 e. The second-order valence-electron chi connectivity index (χ2n) is 4.18. The van der Waals surface area contributed by atoms with Crippen LogP contribution in [0.4, 0.5) is 10.5 Å². The number of benzene rings is 2. The Morgan fingerprint density at radius 3 is 1.95 bits per heavy atom. The maximum Gasteiger partial charge on any atom is 0.333 e. The predicted molar refractivity (Wildman–Crippen MR) is 77.6 cm³/mol. The Morgan fingerprint density at radius 2 is 1.45 bits per heavy atom. The summed E-state index contributed by atoms with van der Waals surface area (Å²) in [7, 11) is -3.87. The zero-order valence-electron chi connectivity index (χ0n) is 10.6. The zero-order chi connectivity index (χ0) is 14.6. The first-order valence-corrected chi connectivity index (χ1v) is 7.53. The van der Waals surface area contributed by atoms with Gasteiger partial charge in [0.25, 0.3) is 0 Å². The van der Waals surface area contributed by atoms with Gasteiger partial charge in [0.05, 0.1) is 11.4 Å². The van der Waals surface area contributed by atoms with Crippen LogP contribution in [0.2, 0.25) is 0 Å². The maximum atomic E-state index is 12.4. The van der Waals surface area contributed by atoms with E-state index in [1.165, 1.54) is 12.1 Å². The smallest absolute Gasteiger partial charge is 0.333 e. The molecule has 0 saturated carbocycles. The molecular formula is C14H14N2O3S. The first-order chi connectivity index (χ1) is 9.50. The second kappa shape index (κ2) is 5.75. The molecule has 0 spiro atoms. The maximum absolute atomic E-state index is 12.4. The van der Waals surface area contributed by atoms with Gasteiger partial charge >= 0.3 is 6.03 Å². The van der Waals surface area contributed by atoms with Crippen molar-refractivity contribution in [3.63, 3.8) is 0 Å². The Labute approximate surface area is 117 Å². The van der Waals surface area contributed by atoms with Gasteiger partial charge in [-0.05, 0) is 17.7 Å². The molecule has 2 rings (SSSR count). The normalized spacial score (nSPS) is 11.0. The number of hydrogen-bond acceptors (Lipinski definition) is 3. The average Bonchev–Trinajstić information content (AvgIpc) is 2.39. The Bertz CT molecular complexity index is 685. The number of amides is 2. The summed E-state index contributed by atoms with van der Waals surface area (Å²) in [5.41, 5.74) is 6.04. The Balaban J connectivity index is 2.37. The van der Waals surface area contributed by atoms with Crippen molar-refractivity contribution in [2.75, 3.05) is 4.31 Å². The zero-order valence-corrected chi connectivity index (χ0v) is 11.5. The van der Waals surface area contributed by atoms with Crippen molar-refractivity contribution in [2.45, 2.75) is 5.75 Å². The van der Waals surface area contributed by atoms with E-state index < -0.39 is 16.1 Å². The summed E-state index contributed by atoms with van der Waals surface area (Å²) in [4.78, 5) is 11.5. The summed E-state index contributed by atoms with van der Waals surface area (Å²) in [5, 5.41) is 0. The highest BCUT2D eigenvalue weighted by molar-refractivity contribution is 7.92. The molecule has 2 N–H and O–H groups in total. The summed E-state index contributed by atoms with van der Waals surface area (Å²) in [6.07, 6.45) is 0. The molecular weight excluding hydrogens is 276 g/mol. The topological polar surface area (TPSA) is 80.5 Å². The van der Waals surface area contributed by atoms with Gasteiger partial charge in [-0.25, -0.2) is 13.2 Å². The van der Waals surface area contributed by atoms with E-state index in [2.05, 4.69) is 0 Å². The molecule has 2 aromatic carbocycles. The minimum absolute atomic E-state index is 0.232. The van der Waals surface area contributed by atoms with E-state index in [1.54, 1.807) is 48.5 Å². The van der Waals surface area contributed by atoms with Gasteiger partial charge < -0.3 is 5.73 Å². The van der Waals surface area contributed by atoms with E-state index in [0.29, 0.717) is 9.87 Å². The van der Waals surface area contributed by atoms with Gasteiger partial charge in [0.15, 0.2) is 0 Å². The van der Waals surface area contributed by atoms with Gasteiger partial charge in [0, 0.05) is 0 Å². The lowest BCUT2D eigenvalue weighted by molar-refractivity contribution is 0.257. The highest BCUT2D eigenvalue weighted by Gasteiger charge is 2.27. The van der Waals surface area contributed by atoms with Crippen LogP contribution in [0.15, 0.2) is 60.7 Å². The number of carbonyl (C=O) groups is 1. The van der Waals surface area contributed by atoms with E-state index in [9.17, 15) is 13.2 Å². The third-order valence-corrected chi connectivity index (χ3v) is 4.31. The van der Waals surface area contributed by atoms with Crippen molar-refractivity contribution in [1.82, 2.24) is 0 Å². The number of urea groups is 1. The highest BCUT2D eigenvalue weighted by Crippen LogP contribution is 2.20. The van der Waals surface area contributed by atoms with Crippen LogP contribution in [0.5, 0.6) is 0 Å². The molecule has 5 nitrogen and oxygen atoms in total. The fourth-order valence-electron chi connectivity index (χ4n) is 1.84. The van der Waals surface area contributed by atoms with Crippen molar-refractivity contribution in [3.8, 4) is 0 Å². The van der Waals surface area contributed by atoms with Crippen molar-refractivity contribution in [3.05, 3.63) is 66.2 Å². The monoisotopic (exact) mass is 290 g/mol. The van der Waals surface area contributed by atoms with E-state index in [0.717, 1.165) is 0 Å². The third-order valence-electron chi connectivity index (χ3n) is 2.66. The molecule has 20 heavy (non-hydrogen) atoms. The SMILES string of the molecule is NC(=O)N(c1ccccc1)S(=O)(=O)Cc1ccccc1. The quantitative estimate of drug-likeness (QED) is 0.936. The molecule has 0 atom stereocenters. The van der Waals surface area contributed by atoms with Crippen LogP contribution in [-0.2, 0) is 15.8 Å². The number of anilines is 1. The molecule has 0 aromatic heterocycles. The van der Waals surface area contributed by atoms with Crippen LogP contribution in [0.1, 0.15) is 5.56 Å². The number of hydrogen-bond donors (Lipinski definition) is 1. The number of nitrogens with zero attached hydrogens (tertiary/aromatic N) is 1. The van der Waals surface area contributed by atoms with Crippen LogP contribution in [0.3, 0.4) is 0 Å². The first-order valence-electron chi connectivity index (χ1n) is 5.92. The molecule has 0 aliphatic carbocycles. The Morgan fingerprint density at radius 1 is 0.950 bits per heavy atom. The molecule has 2 aromatic rings. The van der Waals surface area contributed by atoms with Crippen LogP contribution in [0.25, 0.3) is 0 Å². The van der Waals surface area contributed by atoms with Crippen molar-refractivity contribution in [1.29, 1.82) is 0 Å². The van der Waals surface area contributed by atoms with E-state index in [-0.39, 0.29) is 11.4 Å². The van der Waals surface area contributed by atoms with Gasteiger partial charge in [0.1, 0.15) is 0 Å². The van der Waals surface area contributed by atoms with Crippen molar-refractivity contribution < 1.29 is 13.2 Å². The van der Waals surface area contributed by atoms with Gasteiger partial charge in [-0.15, -0.1) is 0 Å². The predicted octanol–water partition coefficient (Wildman–Crippen LogP) is 2.10. The Kier molecular flexibility index (Phi) is 4.05. The van der Waals surface area contributed by atoms with Gasteiger partial charge in [-0.2, -0.15) is 4.31 Å². The summed E-state index contributed by atoms with van der Waals surface area (Å²) >= 11 is 0. The lowest BCUT2D eigenvalue weighted by atomic mass is 10.2. The molecule has 0 heterocycles. The summed E-state index contributed by atoms with van der Waals surface area (Å²) in [6, 6.07) is 15.7. The number of nitrogens with two attached hydrogens (primary N) is 1. The molecule has 0 unspecified atom stereocenters. The minimum Gasteiger partial charge on any atom is -0.350 e. The molecule has 0 saturated heterocycles. The number of carbonyl (C=O) groups excluding carboxylic acids is 1. The average molecular weight is 290 g/mol. The van der Waals surface area contributed by atoms with Crippen molar-refractivity contribution >= 4 is 21.7 Å². The number of rotatable bonds is 4. The van der Waals surface area contributed by atoms with Crippen LogP contribution in [-0.4, -0.2) is 14.4 Å². The number of para-hydroxylation sites is 1. The van der Waals surface area contributed by atoms with E-state index in [4.69, 9.17) is 5.73 Å². The molecule has 0 bridgehead atoms. The third kappa shape index (κ3) is 3.16. The first kappa shape index (κ1) is 14.1. The van der Waals surface area contributed by atoms with Gasteiger partial charge in [-0.1, -0.05) is 48.5 Å². The molecule has 0 aliphatic heterocycles. The van der Waals surface area contributed by atoms with Crippen LogP contribution >= 0.6 is 0 Å². The lowest BCUT2D eigenvalue weighted by Gasteiger charge is -2.20. The van der Waals surface area contributed by atoms with Crippen LogP contribution in [0, 0.1) is 0 Å². The molecule has 0 radical (unpaired) electrons. The van der Waals surface area contributed by atoms with Crippen LogP contribution < -0.4 is 10.0 Å². The summed E-state index contributed by atoms with van der Waals surface area (Å²) < 4.78 is 25.4. The fraction of sp³-hybridized carbons (Fsp3) is 0.0714. The molecule has 2 amide bonds. The fourth-order valence-corrected chi connectivity index (χ4v) is 3.30. The molecule has 104 valence electrons. The van der Waals surface area contributed by atoms with E-state index >= 15 is 0 Å². The lowest BCUT2D eigenvalue weighted by Crippen LogP contribution is -2.41. The van der Waals surface area contributed by atoms with E-state index in [1.807, 2.05) is 0 Å². The second-order valence-corrected chi connectivity index (χ2v) is 6.00. The summed E-state index contributed by atoms with van der Waals surface area (Å²) in [5.74, 6) is -0.286. The molecule has 0 aliphatic rings. The van der Waals surface area contributed by atoms with Gasteiger partial charge in [-0.3, -0.25) is 0 Å². The summed E-state index contributed by atoms with van der Waals surface area (Å²) in [6.45, 7) is 0. The van der Waals surface area contributed by atoms with Crippen molar-refractivity contribution in [2.24, 2.45) is 5.73 Å². The Hall–Kier alpha value is -2.34. The highest BCUT2D eigenvalue weighted by atomic mass is 32.2. The van der Waals surface area contributed by atoms with Gasteiger partial charge in [0.2, 0.25) is 10.0 Å². The number of sulfonamides is 1. The minimum atomic E-state index is -3.87.